The molecule has 0 unspecified atom stereocenters. The van der Waals surface area contributed by atoms with E-state index in [0.29, 0.717) is 31.8 Å². The first-order valence-electron chi connectivity index (χ1n) is 11.9. The minimum atomic E-state index is -0.441. The van der Waals surface area contributed by atoms with Gasteiger partial charge in [-0.25, -0.2) is 0 Å². The van der Waals surface area contributed by atoms with Crippen LogP contribution in [0.25, 0.3) is 16.8 Å². The second-order valence-corrected chi connectivity index (χ2v) is 11.0. The van der Waals surface area contributed by atoms with E-state index < -0.39 is 4.92 Å². The first-order chi connectivity index (χ1) is 18.9. The third-order valence-electron chi connectivity index (χ3n) is 5.96. The van der Waals surface area contributed by atoms with Gasteiger partial charge in [-0.2, -0.15) is 0 Å². The molecule has 4 aromatic carbocycles. The number of ether oxygens (including phenoxy) is 2. The number of amides is 1. The molecule has 0 saturated carbocycles. The summed E-state index contributed by atoms with van der Waals surface area (Å²) in [4.78, 5) is 26.0. The van der Waals surface area contributed by atoms with Gasteiger partial charge >= 0.3 is 0 Å². The van der Waals surface area contributed by atoms with E-state index in [1.54, 1.807) is 23.1 Å². The highest BCUT2D eigenvalue weighted by atomic mass is 79.9. The first kappa shape index (κ1) is 26.9. The molecule has 10 heteroatoms. The fourth-order valence-corrected chi connectivity index (χ4v) is 6.03. The number of halogens is 1. The molecule has 0 bridgehead atoms. The molecule has 1 aliphatic heterocycles. The quantitative estimate of drug-likeness (QED) is 0.0857. The Balaban J connectivity index is 1.41. The summed E-state index contributed by atoms with van der Waals surface area (Å²) in [7, 11) is 0. The Kier molecular flexibility index (Phi) is 7.97. The summed E-state index contributed by atoms with van der Waals surface area (Å²) in [5, 5.41) is 12.9. The number of nitro groups is 1. The summed E-state index contributed by atoms with van der Waals surface area (Å²) in [6, 6.07) is 23.5. The van der Waals surface area contributed by atoms with Gasteiger partial charge in [-0.1, -0.05) is 60.4 Å². The molecular weight excluding hydrogens is 600 g/mol. The molecule has 0 aliphatic carbocycles. The van der Waals surface area contributed by atoms with Gasteiger partial charge in [0.1, 0.15) is 6.61 Å². The molecule has 0 spiro atoms. The van der Waals surface area contributed by atoms with Gasteiger partial charge in [0.2, 0.25) is 0 Å². The van der Waals surface area contributed by atoms with Gasteiger partial charge in [0, 0.05) is 17.5 Å². The zero-order chi connectivity index (χ0) is 27.5. The van der Waals surface area contributed by atoms with Crippen molar-refractivity contribution in [3.8, 4) is 11.5 Å². The van der Waals surface area contributed by atoms with E-state index in [0.717, 1.165) is 27.6 Å². The summed E-state index contributed by atoms with van der Waals surface area (Å²) in [5.41, 5.74) is 2.29. The second-order valence-electron chi connectivity index (χ2n) is 8.49. The van der Waals surface area contributed by atoms with E-state index in [2.05, 4.69) is 15.9 Å². The van der Waals surface area contributed by atoms with Crippen molar-refractivity contribution < 1.29 is 19.2 Å². The smallest absolute Gasteiger partial charge is 0.270 e. The van der Waals surface area contributed by atoms with Crippen molar-refractivity contribution >= 4 is 78.4 Å². The van der Waals surface area contributed by atoms with Crippen LogP contribution in [-0.2, 0) is 11.4 Å². The van der Waals surface area contributed by atoms with Crippen LogP contribution in [0.1, 0.15) is 18.1 Å². The fourth-order valence-electron chi connectivity index (χ4n) is 4.17. The molecule has 1 fully saturated rings. The van der Waals surface area contributed by atoms with Crippen LogP contribution in [0.2, 0.25) is 0 Å². The lowest BCUT2D eigenvalue weighted by Gasteiger charge is -2.17. The molecule has 5 rings (SSSR count). The Morgan fingerprint density at radius 2 is 1.79 bits per heavy atom. The number of carbonyl (C=O) groups excluding carboxylic acids is 1. The molecule has 4 aromatic rings. The molecule has 196 valence electrons. The minimum absolute atomic E-state index is 0.0187. The van der Waals surface area contributed by atoms with Gasteiger partial charge in [0.05, 0.1) is 26.6 Å². The van der Waals surface area contributed by atoms with E-state index in [1.807, 2.05) is 61.5 Å². The Labute approximate surface area is 242 Å². The molecule has 7 nitrogen and oxygen atoms in total. The van der Waals surface area contributed by atoms with E-state index in [9.17, 15) is 14.9 Å². The Bertz CT molecular complexity index is 1630. The summed E-state index contributed by atoms with van der Waals surface area (Å²) in [5.74, 6) is 0.814. The topological polar surface area (TPSA) is 81.9 Å². The maximum absolute atomic E-state index is 13.5. The van der Waals surface area contributed by atoms with Crippen LogP contribution in [0.15, 0.2) is 88.2 Å². The van der Waals surface area contributed by atoms with Crippen molar-refractivity contribution in [2.75, 3.05) is 11.5 Å². The van der Waals surface area contributed by atoms with E-state index in [4.69, 9.17) is 21.7 Å². The maximum Gasteiger partial charge on any atom is 0.270 e. The summed E-state index contributed by atoms with van der Waals surface area (Å²) >= 11 is 10.4. The van der Waals surface area contributed by atoms with E-state index >= 15 is 0 Å². The number of fused-ring (bicyclic) bond motifs is 1. The van der Waals surface area contributed by atoms with Crippen LogP contribution < -0.4 is 14.4 Å². The van der Waals surface area contributed by atoms with Crippen LogP contribution in [0, 0.1) is 10.1 Å². The number of carbonyl (C=O) groups is 1. The maximum atomic E-state index is 13.5. The molecule has 0 atom stereocenters. The summed E-state index contributed by atoms with van der Waals surface area (Å²) in [6.45, 7) is 2.47. The summed E-state index contributed by atoms with van der Waals surface area (Å²) in [6.07, 6.45) is 1.79. The standard InChI is InChI=1S/C29H21BrN2O5S2/c1-2-36-25-15-19(14-23(30)27(25)37-17-18-10-12-21(13-11-18)32(34)35)16-26-28(33)31(29(38)39-26)24-9-5-7-20-6-3-4-8-22(20)24/h3-16H,2,17H2,1H3/b26-16-. The van der Waals surface area contributed by atoms with Crippen LogP contribution >= 0.6 is 39.9 Å². The largest absolute Gasteiger partial charge is 0.490 e. The van der Waals surface area contributed by atoms with Crippen LogP contribution in [-0.4, -0.2) is 21.8 Å². The lowest BCUT2D eigenvalue weighted by Crippen LogP contribution is -2.27. The van der Waals surface area contributed by atoms with Crippen molar-refractivity contribution in [2.24, 2.45) is 0 Å². The number of benzene rings is 4. The van der Waals surface area contributed by atoms with Crippen molar-refractivity contribution in [3.05, 3.63) is 109 Å². The zero-order valence-electron chi connectivity index (χ0n) is 20.6. The van der Waals surface area contributed by atoms with Gasteiger partial charge in [-0.3, -0.25) is 19.8 Å². The number of nitro benzene ring substituents is 1. The molecule has 1 saturated heterocycles. The molecule has 1 heterocycles. The third-order valence-corrected chi connectivity index (χ3v) is 7.85. The third kappa shape index (κ3) is 5.68. The van der Waals surface area contributed by atoms with Gasteiger partial charge in [-0.15, -0.1) is 0 Å². The lowest BCUT2D eigenvalue weighted by molar-refractivity contribution is -0.384. The van der Waals surface area contributed by atoms with Crippen LogP contribution in [0.5, 0.6) is 11.5 Å². The highest BCUT2D eigenvalue weighted by Crippen LogP contribution is 2.41. The highest BCUT2D eigenvalue weighted by molar-refractivity contribution is 9.10. The first-order valence-corrected chi connectivity index (χ1v) is 14.0. The van der Waals surface area contributed by atoms with E-state index in [-0.39, 0.29) is 18.2 Å². The average Bonchev–Trinajstić information content (AvgIpc) is 3.20. The van der Waals surface area contributed by atoms with E-state index in [1.165, 1.54) is 23.9 Å². The minimum Gasteiger partial charge on any atom is -0.490 e. The van der Waals surface area contributed by atoms with Crippen LogP contribution in [0.3, 0.4) is 0 Å². The molecule has 39 heavy (non-hydrogen) atoms. The Morgan fingerprint density at radius 3 is 2.54 bits per heavy atom. The fraction of sp³-hybridized carbons (Fsp3) is 0.103. The molecule has 0 N–H and O–H groups in total. The predicted octanol–water partition coefficient (Wildman–Crippen LogP) is 7.89. The number of hydrogen-bond acceptors (Lipinski definition) is 7. The van der Waals surface area contributed by atoms with Gasteiger partial charge in [-0.05, 0) is 75.8 Å². The van der Waals surface area contributed by atoms with Crippen molar-refractivity contribution in [1.82, 2.24) is 0 Å². The van der Waals surface area contributed by atoms with Gasteiger partial charge in [0.25, 0.3) is 11.6 Å². The SMILES string of the molecule is CCOc1cc(/C=C2\SC(=S)N(c3cccc4ccccc34)C2=O)cc(Br)c1OCc1ccc([N+](=O)[O-])cc1. The van der Waals surface area contributed by atoms with Gasteiger partial charge < -0.3 is 9.47 Å². The number of thioether (sulfide) groups is 1. The molecule has 1 amide bonds. The predicted molar refractivity (Wildman–Crippen MR) is 162 cm³/mol. The Hall–Kier alpha value is -3.73. The number of non-ortho nitro benzene ring substituents is 1. The van der Waals surface area contributed by atoms with Crippen molar-refractivity contribution in [2.45, 2.75) is 13.5 Å². The normalized spacial score (nSPS) is 14.3. The monoisotopic (exact) mass is 620 g/mol. The number of hydrogen-bond donors (Lipinski definition) is 0. The number of rotatable bonds is 8. The summed E-state index contributed by atoms with van der Waals surface area (Å²) < 4.78 is 13.0. The van der Waals surface area contributed by atoms with Crippen molar-refractivity contribution in [3.63, 3.8) is 0 Å². The molecule has 1 aliphatic rings. The molecule has 0 radical (unpaired) electrons. The Morgan fingerprint density at radius 1 is 1.05 bits per heavy atom. The lowest BCUT2D eigenvalue weighted by atomic mass is 10.1. The zero-order valence-corrected chi connectivity index (χ0v) is 23.8. The van der Waals surface area contributed by atoms with Crippen molar-refractivity contribution in [1.29, 1.82) is 0 Å². The van der Waals surface area contributed by atoms with Gasteiger partial charge in [0.15, 0.2) is 15.8 Å². The number of anilines is 1. The highest BCUT2D eigenvalue weighted by Gasteiger charge is 2.34. The van der Waals surface area contributed by atoms with Crippen LogP contribution in [0.4, 0.5) is 11.4 Å². The second kappa shape index (κ2) is 11.6. The number of nitrogens with zero attached hydrogens (tertiary/aromatic N) is 2. The number of thiocarbonyl (C=S) groups is 1. The average molecular weight is 622 g/mol. The molecular formula is C29H21BrN2O5S2. The molecule has 0 aromatic heterocycles.